The number of carbonyl (C=O) groups is 3. The smallest absolute Gasteiger partial charge is 0.310 e. The first-order chi connectivity index (χ1) is 14.5. The first kappa shape index (κ1) is 20.8. The molecule has 0 bridgehead atoms. The minimum atomic E-state index is -0.548. The third-order valence-corrected chi connectivity index (χ3v) is 4.52. The number of aromatic amines is 1. The van der Waals surface area contributed by atoms with Gasteiger partial charge in [-0.3, -0.25) is 19.4 Å². The number of nitrogens with two attached hydrogens (primary N) is 1. The van der Waals surface area contributed by atoms with E-state index in [9.17, 15) is 14.4 Å². The molecule has 2 amide bonds. The van der Waals surface area contributed by atoms with E-state index in [0.717, 1.165) is 16.5 Å². The highest BCUT2D eigenvalue weighted by molar-refractivity contribution is 5.97. The van der Waals surface area contributed by atoms with E-state index in [1.807, 2.05) is 0 Å². The lowest BCUT2D eigenvalue weighted by molar-refractivity contribution is -0.147. The third-order valence-electron chi connectivity index (χ3n) is 4.52. The molecule has 2 aromatic heterocycles. The SMILES string of the molecule is COc1ccccc1N(CCC(N)=O)C(=O)COC(=O)Cc1c[nH]c2cnccc12. The summed E-state index contributed by atoms with van der Waals surface area (Å²) in [4.78, 5) is 44.7. The molecule has 30 heavy (non-hydrogen) atoms. The molecule has 3 N–H and O–H groups in total. The number of aromatic nitrogens is 2. The Bertz CT molecular complexity index is 1060. The fraction of sp³-hybridized carbons (Fsp3) is 0.238. The van der Waals surface area contributed by atoms with Crippen molar-refractivity contribution >= 4 is 34.4 Å². The molecule has 0 spiro atoms. The summed E-state index contributed by atoms with van der Waals surface area (Å²) in [5.41, 5.74) is 7.26. The number of hydrogen-bond donors (Lipinski definition) is 2. The number of benzene rings is 1. The predicted molar refractivity (Wildman–Crippen MR) is 110 cm³/mol. The molecule has 0 unspecified atom stereocenters. The van der Waals surface area contributed by atoms with Gasteiger partial charge in [-0.05, 0) is 23.8 Å². The minimum Gasteiger partial charge on any atom is -0.495 e. The van der Waals surface area contributed by atoms with Crippen molar-refractivity contribution in [1.29, 1.82) is 0 Å². The van der Waals surface area contributed by atoms with Crippen molar-refractivity contribution in [2.24, 2.45) is 5.73 Å². The van der Waals surface area contributed by atoms with E-state index in [0.29, 0.717) is 11.4 Å². The van der Waals surface area contributed by atoms with Crippen molar-refractivity contribution in [3.05, 3.63) is 54.5 Å². The van der Waals surface area contributed by atoms with Crippen LogP contribution in [0.1, 0.15) is 12.0 Å². The molecular weight excluding hydrogens is 388 g/mol. The molecule has 3 aromatic rings. The van der Waals surface area contributed by atoms with Crippen LogP contribution in [0.4, 0.5) is 5.69 Å². The van der Waals surface area contributed by atoms with Crippen LogP contribution in [0, 0.1) is 0 Å². The van der Waals surface area contributed by atoms with E-state index in [1.165, 1.54) is 12.0 Å². The molecule has 156 valence electrons. The molecule has 0 saturated carbocycles. The van der Waals surface area contributed by atoms with Gasteiger partial charge in [0.25, 0.3) is 5.91 Å². The summed E-state index contributed by atoms with van der Waals surface area (Å²) < 4.78 is 10.5. The number of rotatable bonds is 9. The lowest BCUT2D eigenvalue weighted by atomic mass is 10.1. The second-order valence-electron chi connectivity index (χ2n) is 6.51. The van der Waals surface area contributed by atoms with E-state index in [-0.39, 0.29) is 19.4 Å². The lowest BCUT2D eigenvalue weighted by Crippen LogP contribution is -2.37. The Morgan fingerprint density at radius 3 is 2.77 bits per heavy atom. The van der Waals surface area contributed by atoms with E-state index in [4.69, 9.17) is 15.2 Å². The van der Waals surface area contributed by atoms with Gasteiger partial charge in [-0.2, -0.15) is 0 Å². The Balaban J connectivity index is 1.67. The zero-order valence-electron chi connectivity index (χ0n) is 16.5. The summed E-state index contributed by atoms with van der Waals surface area (Å²) >= 11 is 0. The van der Waals surface area contributed by atoms with Crippen molar-refractivity contribution in [1.82, 2.24) is 9.97 Å². The highest BCUT2D eigenvalue weighted by atomic mass is 16.5. The molecule has 0 atom stereocenters. The van der Waals surface area contributed by atoms with Crippen LogP contribution in [0.5, 0.6) is 5.75 Å². The Kier molecular flexibility index (Phi) is 6.63. The lowest BCUT2D eigenvalue weighted by Gasteiger charge is -2.24. The van der Waals surface area contributed by atoms with Crippen LogP contribution in [0.25, 0.3) is 10.9 Å². The molecular formula is C21H22N4O5. The third kappa shape index (κ3) is 4.93. The largest absolute Gasteiger partial charge is 0.495 e. The van der Waals surface area contributed by atoms with Gasteiger partial charge in [-0.1, -0.05) is 12.1 Å². The number of methoxy groups -OCH3 is 1. The number of para-hydroxylation sites is 2. The van der Waals surface area contributed by atoms with Gasteiger partial charge in [-0.25, -0.2) is 0 Å². The first-order valence-electron chi connectivity index (χ1n) is 9.27. The molecule has 9 heteroatoms. The zero-order valence-corrected chi connectivity index (χ0v) is 16.5. The number of nitrogens with one attached hydrogen (secondary N) is 1. The highest BCUT2D eigenvalue weighted by Crippen LogP contribution is 2.28. The Morgan fingerprint density at radius 2 is 2.00 bits per heavy atom. The van der Waals surface area contributed by atoms with Crippen LogP contribution in [0.15, 0.2) is 48.9 Å². The fourth-order valence-electron chi connectivity index (χ4n) is 3.06. The second kappa shape index (κ2) is 9.55. The summed E-state index contributed by atoms with van der Waals surface area (Å²) in [6.45, 7) is -0.429. The number of carbonyl (C=O) groups excluding carboxylic acids is 3. The number of H-pyrrole nitrogens is 1. The van der Waals surface area contributed by atoms with Crippen molar-refractivity contribution in [3.8, 4) is 5.75 Å². The molecule has 0 aliphatic rings. The van der Waals surface area contributed by atoms with Crippen molar-refractivity contribution in [2.75, 3.05) is 25.2 Å². The second-order valence-corrected chi connectivity index (χ2v) is 6.51. The van der Waals surface area contributed by atoms with E-state index < -0.39 is 24.4 Å². The first-order valence-corrected chi connectivity index (χ1v) is 9.27. The van der Waals surface area contributed by atoms with E-state index >= 15 is 0 Å². The summed E-state index contributed by atoms with van der Waals surface area (Å²) in [5.74, 6) is -1.13. The molecule has 0 saturated heterocycles. The topological polar surface area (TPSA) is 128 Å². The number of primary amides is 1. The maximum Gasteiger partial charge on any atom is 0.310 e. The van der Waals surface area contributed by atoms with Crippen molar-refractivity contribution in [3.63, 3.8) is 0 Å². The molecule has 0 aliphatic heterocycles. The van der Waals surface area contributed by atoms with Crippen molar-refractivity contribution in [2.45, 2.75) is 12.8 Å². The van der Waals surface area contributed by atoms with Crippen LogP contribution in [-0.2, 0) is 25.5 Å². The van der Waals surface area contributed by atoms with Gasteiger partial charge in [0.15, 0.2) is 6.61 Å². The Labute approximate surface area is 172 Å². The summed E-state index contributed by atoms with van der Waals surface area (Å²) in [6.07, 6.45) is 4.98. The molecule has 0 radical (unpaired) electrons. The standard InChI is InChI=1S/C21H22N4O5/c1-29-18-5-3-2-4-17(18)25(9-7-19(22)26)20(27)13-30-21(28)10-14-11-24-16-12-23-8-6-15(14)16/h2-6,8,11-12,24H,7,9-10,13H2,1H3,(H2,22,26). The molecule has 3 rings (SSSR count). The maximum atomic E-state index is 12.8. The number of ether oxygens (including phenoxy) is 2. The van der Waals surface area contributed by atoms with Crippen molar-refractivity contribution < 1.29 is 23.9 Å². The van der Waals surface area contributed by atoms with E-state index in [1.54, 1.807) is 48.9 Å². The van der Waals surface area contributed by atoms with Crippen LogP contribution in [-0.4, -0.2) is 48.0 Å². The van der Waals surface area contributed by atoms with Gasteiger partial charge < -0.3 is 25.1 Å². The number of nitrogens with zero attached hydrogens (tertiary/aromatic N) is 2. The van der Waals surface area contributed by atoms with Crippen LogP contribution >= 0.6 is 0 Å². The number of amides is 2. The number of pyridine rings is 1. The van der Waals surface area contributed by atoms with Gasteiger partial charge in [0.1, 0.15) is 5.75 Å². The minimum absolute atomic E-state index is 0.00718. The average Bonchev–Trinajstić information content (AvgIpc) is 3.15. The molecule has 0 fully saturated rings. The Morgan fingerprint density at radius 1 is 1.20 bits per heavy atom. The predicted octanol–water partition coefficient (Wildman–Crippen LogP) is 1.57. The summed E-state index contributed by atoms with van der Waals surface area (Å²) in [5, 5.41) is 0.866. The van der Waals surface area contributed by atoms with Gasteiger partial charge in [0.05, 0.1) is 30.9 Å². The Hall–Kier alpha value is -3.88. The van der Waals surface area contributed by atoms with Gasteiger partial charge >= 0.3 is 5.97 Å². The molecule has 0 aliphatic carbocycles. The quantitative estimate of drug-likeness (QED) is 0.516. The highest BCUT2D eigenvalue weighted by Gasteiger charge is 2.21. The summed E-state index contributed by atoms with van der Waals surface area (Å²) in [7, 11) is 1.48. The number of hydrogen-bond acceptors (Lipinski definition) is 6. The molecule has 9 nitrogen and oxygen atoms in total. The van der Waals surface area contributed by atoms with Gasteiger partial charge in [-0.15, -0.1) is 0 Å². The van der Waals surface area contributed by atoms with Crippen LogP contribution in [0.2, 0.25) is 0 Å². The monoisotopic (exact) mass is 410 g/mol. The number of esters is 1. The van der Waals surface area contributed by atoms with E-state index in [2.05, 4.69) is 9.97 Å². The zero-order chi connectivity index (χ0) is 21.5. The maximum absolute atomic E-state index is 12.8. The number of anilines is 1. The van der Waals surface area contributed by atoms with Gasteiger partial charge in [0, 0.05) is 30.7 Å². The molecule has 2 heterocycles. The normalized spacial score (nSPS) is 10.6. The van der Waals surface area contributed by atoms with Crippen LogP contribution in [0.3, 0.4) is 0 Å². The number of fused-ring (bicyclic) bond motifs is 1. The summed E-state index contributed by atoms with van der Waals surface area (Å²) in [6, 6.07) is 8.67. The average molecular weight is 410 g/mol. The van der Waals surface area contributed by atoms with Gasteiger partial charge in [0.2, 0.25) is 5.91 Å². The molecule has 1 aromatic carbocycles. The fourth-order valence-corrected chi connectivity index (χ4v) is 3.06. The van der Waals surface area contributed by atoms with Crippen LogP contribution < -0.4 is 15.4 Å².